The Balaban J connectivity index is 1.97. The predicted molar refractivity (Wildman–Crippen MR) is 70.1 cm³/mol. The Morgan fingerprint density at radius 1 is 1.44 bits per heavy atom. The zero-order valence-corrected chi connectivity index (χ0v) is 10.7. The molecule has 1 aliphatic rings. The number of pyridine rings is 1. The maximum atomic E-state index is 5.65. The minimum atomic E-state index is 0.361. The van der Waals surface area contributed by atoms with Gasteiger partial charge in [-0.1, -0.05) is 6.42 Å². The summed E-state index contributed by atoms with van der Waals surface area (Å²) in [6.45, 7) is 1.68. The third-order valence-electron chi connectivity index (χ3n) is 3.72. The van der Waals surface area contributed by atoms with Crippen LogP contribution < -0.4 is 5.73 Å². The van der Waals surface area contributed by atoms with E-state index in [2.05, 4.69) is 22.0 Å². The van der Waals surface area contributed by atoms with Crippen molar-refractivity contribution in [2.75, 3.05) is 13.6 Å². The van der Waals surface area contributed by atoms with Crippen molar-refractivity contribution >= 4 is 5.65 Å². The van der Waals surface area contributed by atoms with Gasteiger partial charge in [-0.15, -0.1) is 5.10 Å². The summed E-state index contributed by atoms with van der Waals surface area (Å²) in [4.78, 5) is 7.00. The fraction of sp³-hybridized carbons (Fsp3) is 0.538. The van der Waals surface area contributed by atoms with Crippen molar-refractivity contribution in [2.45, 2.75) is 31.8 Å². The van der Waals surface area contributed by atoms with Crippen LogP contribution in [0.25, 0.3) is 5.65 Å². The molecule has 5 nitrogen and oxygen atoms in total. The zero-order chi connectivity index (χ0) is 12.5. The number of nitrogens with zero attached hydrogens (tertiary/aromatic N) is 4. The van der Waals surface area contributed by atoms with Gasteiger partial charge in [0.05, 0.1) is 6.04 Å². The van der Waals surface area contributed by atoms with E-state index in [0.29, 0.717) is 12.6 Å². The fourth-order valence-corrected chi connectivity index (χ4v) is 2.61. The lowest BCUT2D eigenvalue weighted by Crippen LogP contribution is -2.30. The predicted octanol–water partition coefficient (Wildman–Crippen LogP) is 1.34. The summed E-state index contributed by atoms with van der Waals surface area (Å²) in [5.41, 5.74) is 7.64. The molecule has 0 bridgehead atoms. The number of hydrogen-bond donors (Lipinski definition) is 1. The molecule has 1 aliphatic heterocycles. The van der Waals surface area contributed by atoms with Gasteiger partial charge in [-0.05, 0) is 44.1 Å². The van der Waals surface area contributed by atoms with E-state index in [1.165, 1.54) is 12.8 Å². The molecule has 2 N–H and O–H groups in total. The average Bonchev–Trinajstić information content (AvgIpc) is 2.81. The molecule has 1 unspecified atom stereocenters. The molecule has 3 rings (SSSR count). The second-order valence-corrected chi connectivity index (χ2v) is 5.00. The SMILES string of the molecule is CN1CCCCC1c1nc2cc(CN)ccn2n1. The molecule has 1 fully saturated rings. The van der Waals surface area contributed by atoms with E-state index < -0.39 is 0 Å². The number of piperidine rings is 1. The zero-order valence-electron chi connectivity index (χ0n) is 10.7. The average molecular weight is 245 g/mol. The lowest BCUT2D eigenvalue weighted by molar-refractivity contribution is 0.179. The van der Waals surface area contributed by atoms with Crippen LogP contribution in [0.4, 0.5) is 0 Å². The van der Waals surface area contributed by atoms with Crippen LogP contribution in [-0.2, 0) is 6.54 Å². The second-order valence-electron chi connectivity index (χ2n) is 5.00. The molecule has 0 radical (unpaired) electrons. The standard InChI is InChI=1S/C13H19N5/c1-17-6-3-2-4-11(17)13-15-12-8-10(9-14)5-7-18(12)16-13/h5,7-8,11H,2-4,6,9,14H2,1H3. The summed E-state index contributed by atoms with van der Waals surface area (Å²) in [5, 5.41) is 4.59. The Hall–Kier alpha value is -1.46. The summed E-state index contributed by atoms with van der Waals surface area (Å²) >= 11 is 0. The van der Waals surface area contributed by atoms with Crippen molar-refractivity contribution < 1.29 is 0 Å². The molecule has 3 heterocycles. The van der Waals surface area contributed by atoms with Crippen LogP contribution in [0.5, 0.6) is 0 Å². The Morgan fingerprint density at radius 3 is 3.11 bits per heavy atom. The molecule has 0 amide bonds. The Bertz CT molecular complexity index is 547. The molecule has 0 aliphatic carbocycles. The molecule has 1 saturated heterocycles. The van der Waals surface area contributed by atoms with Crippen LogP contribution in [0.2, 0.25) is 0 Å². The van der Waals surface area contributed by atoms with E-state index in [1.807, 2.05) is 22.8 Å². The molecule has 0 aromatic carbocycles. The quantitative estimate of drug-likeness (QED) is 0.867. The number of nitrogens with two attached hydrogens (primary N) is 1. The highest BCUT2D eigenvalue weighted by Crippen LogP contribution is 2.27. The van der Waals surface area contributed by atoms with E-state index in [9.17, 15) is 0 Å². The second kappa shape index (κ2) is 4.66. The maximum Gasteiger partial charge on any atom is 0.168 e. The third-order valence-corrected chi connectivity index (χ3v) is 3.72. The van der Waals surface area contributed by atoms with Crippen LogP contribution in [-0.4, -0.2) is 33.1 Å². The van der Waals surface area contributed by atoms with Gasteiger partial charge in [0, 0.05) is 12.7 Å². The first-order chi connectivity index (χ1) is 8.78. The number of likely N-dealkylation sites (tertiary alicyclic amines) is 1. The Kier molecular flexibility index (Phi) is 3.01. The summed E-state index contributed by atoms with van der Waals surface area (Å²) in [6, 6.07) is 4.37. The van der Waals surface area contributed by atoms with Gasteiger partial charge < -0.3 is 5.73 Å². The van der Waals surface area contributed by atoms with Crippen LogP contribution in [0.3, 0.4) is 0 Å². The van der Waals surface area contributed by atoms with Crippen molar-refractivity contribution in [3.05, 3.63) is 29.7 Å². The molecular weight excluding hydrogens is 226 g/mol. The lowest BCUT2D eigenvalue weighted by Gasteiger charge is -2.30. The third kappa shape index (κ3) is 2.00. The normalized spacial score (nSPS) is 21.6. The number of aromatic nitrogens is 3. The van der Waals surface area contributed by atoms with E-state index in [4.69, 9.17) is 5.73 Å². The highest BCUT2D eigenvalue weighted by atomic mass is 15.3. The highest BCUT2D eigenvalue weighted by molar-refractivity contribution is 5.40. The summed E-state index contributed by atoms with van der Waals surface area (Å²) in [7, 11) is 2.15. The molecule has 5 heteroatoms. The van der Waals surface area contributed by atoms with Crippen LogP contribution in [0, 0.1) is 0 Å². The van der Waals surface area contributed by atoms with E-state index >= 15 is 0 Å². The van der Waals surface area contributed by atoms with Gasteiger partial charge in [0.1, 0.15) is 0 Å². The van der Waals surface area contributed by atoms with Crippen LogP contribution in [0.1, 0.15) is 36.7 Å². The minimum absolute atomic E-state index is 0.361. The van der Waals surface area contributed by atoms with Gasteiger partial charge in [-0.3, -0.25) is 4.90 Å². The van der Waals surface area contributed by atoms with Crippen LogP contribution >= 0.6 is 0 Å². The first-order valence-corrected chi connectivity index (χ1v) is 6.53. The number of hydrogen-bond acceptors (Lipinski definition) is 4. The van der Waals surface area contributed by atoms with Crippen molar-refractivity contribution in [1.82, 2.24) is 19.5 Å². The maximum absolute atomic E-state index is 5.65. The molecule has 18 heavy (non-hydrogen) atoms. The van der Waals surface area contributed by atoms with Gasteiger partial charge >= 0.3 is 0 Å². The van der Waals surface area contributed by atoms with Crippen molar-refractivity contribution in [1.29, 1.82) is 0 Å². The van der Waals surface area contributed by atoms with E-state index in [-0.39, 0.29) is 0 Å². The lowest BCUT2D eigenvalue weighted by atomic mass is 10.0. The summed E-state index contributed by atoms with van der Waals surface area (Å²) in [5.74, 6) is 0.936. The largest absolute Gasteiger partial charge is 0.326 e. The van der Waals surface area contributed by atoms with Crippen molar-refractivity contribution in [3.63, 3.8) is 0 Å². The van der Waals surface area contributed by atoms with Gasteiger partial charge in [0.2, 0.25) is 0 Å². The molecule has 2 aromatic rings. The first-order valence-electron chi connectivity index (χ1n) is 6.53. The topological polar surface area (TPSA) is 59.5 Å². The number of rotatable bonds is 2. The molecule has 96 valence electrons. The highest BCUT2D eigenvalue weighted by Gasteiger charge is 2.24. The van der Waals surface area contributed by atoms with Gasteiger partial charge in [-0.25, -0.2) is 9.50 Å². The molecular formula is C13H19N5. The van der Waals surface area contributed by atoms with E-state index in [1.54, 1.807) is 0 Å². The van der Waals surface area contributed by atoms with Crippen LogP contribution in [0.15, 0.2) is 18.3 Å². The molecule has 0 spiro atoms. The Labute approximate surface area is 107 Å². The molecule has 2 aromatic heterocycles. The van der Waals surface area contributed by atoms with Gasteiger partial charge in [0.25, 0.3) is 0 Å². The van der Waals surface area contributed by atoms with E-state index in [0.717, 1.165) is 30.0 Å². The molecule has 0 saturated carbocycles. The fourth-order valence-electron chi connectivity index (χ4n) is 2.61. The first kappa shape index (κ1) is 11.6. The Morgan fingerprint density at radius 2 is 2.33 bits per heavy atom. The minimum Gasteiger partial charge on any atom is -0.326 e. The smallest absolute Gasteiger partial charge is 0.168 e. The summed E-state index contributed by atoms with van der Waals surface area (Å²) in [6.07, 6.45) is 5.63. The monoisotopic (exact) mass is 245 g/mol. The molecule has 1 atom stereocenters. The summed E-state index contributed by atoms with van der Waals surface area (Å²) < 4.78 is 1.84. The number of fused-ring (bicyclic) bond motifs is 1. The van der Waals surface area contributed by atoms with Gasteiger partial charge in [-0.2, -0.15) is 0 Å². The van der Waals surface area contributed by atoms with Crippen molar-refractivity contribution in [3.8, 4) is 0 Å². The van der Waals surface area contributed by atoms with Gasteiger partial charge in [0.15, 0.2) is 11.5 Å². The van der Waals surface area contributed by atoms with Crippen molar-refractivity contribution in [2.24, 2.45) is 5.73 Å².